The first kappa shape index (κ1) is 14.3. The third kappa shape index (κ3) is 5.93. The molecule has 0 aromatic carbocycles. The summed E-state index contributed by atoms with van der Waals surface area (Å²) in [4.78, 5) is 24.5. The number of aliphatic hydroxyl groups excluding tert-OH is 1. The van der Waals surface area contributed by atoms with Gasteiger partial charge in [-0.3, -0.25) is 9.59 Å². The van der Waals surface area contributed by atoms with Crippen LogP contribution in [0.2, 0.25) is 0 Å². The molecule has 0 bridgehead atoms. The van der Waals surface area contributed by atoms with Crippen molar-refractivity contribution >= 4 is 23.6 Å². The molecule has 1 aliphatic rings. The largest absolute Gasteiger partial charge is 0.395 e. The number of rotatable bonds is 7. The molecule has 0 spiro atoms. The number of hydrogen-bond acceptors (Lipinski definition) is 4. The molecule has 0 radical (unpaired) electrons. The minimum atomic E-state index is -0.0939. The van der Waals surface area contributed by atoms with Crippen molar-refractivity contribution < 1.29 is 14.7 Å². The van der Waals surface area contributed by atoms with E-state index in [1.807, 2.05) is 6.92 Å². The SMILES string of the molecule is CC(CO)SCC(=O)N(C)CC(=O)NC1CC1. The maximum atomic E-state index is 11.6. The molecular formula is C11H20N2O3S. The van der Waals surface area contributed by atoms with Crippen LogP contribution in [0, 0.1) is 0 Å². The van der Waals surface area contributed by atoms with Crippen molar-refractivity contribution in [2.24, 2.45) is 0 Å². The summed E-state index contributed by atoms with van der Waals surface area (Å²) >= 11 is 1.39. The van der Waals surface area contributed by atoms with Crippen LogP contribution in [0.5, 0.6) is 0 Å². The highest BCUT2D eigenvalue weighted by molar-refractivity contribution is 8.00. The Kier molecular flexibility index (Phi) is 5.77. The van der Waals surface area contributed by atoms with E-state index in [9.17, 15) is 9.59 Å². The molecule has 6 heteroatoms. The monoisotopic (exact) mass is 260 g/mol. The zero-order valence-corrected chi connectivity index (χ0v) is 11.1. The van der Waals surface area contributed by atoms with Crippen molar-refractivity contribution in [2.45, 2.75) is 31.1 Å². The Morgan fingerprint density at radius 2 is 2.18 bits per heavy atom. The van der Waals surface area contributed by atoms with Gasteiger partial charge in [-0.05, 0) is 12.8 Å². The summed E-state index contributed by atoms with van der Waals surface area (Å²) in [5, 5.41) is 11.7. The lowest BCUT2D eigenvalue weighted by Crippen LogP contribution is -2.40. The van der Waals surface area contributed by atoms with E-state index in [0.717, 1.165) is 12.8 Å². The van der Waals surface area contributed by atoms with Gasteiger partial charge < -0.3 is 15.3 Å². The number of nitrogens with one attached hydrogen (secondary N) is 1. The number of amides is 2. The highest BCUT2D eigenvalue weighted by Crippen LogP contribution is 2.18. The molecule has 0 saturated heterocycles. The third-order valence-electron chi connectivity index (χ3n) is 2.50. The first-order valence-electron chi connectivity index (χ1n) is 5.78. The first-order chi connectivity index (χ1) is 8.02. The highest BCUT2D eigenvalue weighted by atomic mass is 32.2. The fourth-order valence-electron chi connectivity index (χ4n) is 1.18. The Balaban J connectivity index is 2.18. The number of likely N-dealkylation sites (N-methyl/N-ethyl adjacent to an activating group) is 1. The molecule has 5 nitrogen and oxygen atoms in total. The topological polar surface area (TPSA) is 69.6 Å². The molecule has 0 heterocycles. The van der Waals surface area contributed by atoms with Crippen molar-refractivity contribution in [2.75, 3.05) is 26.0 Å². The van der Waals surface area contributed by atoms with Gasteiger partial charge in [0.25, 0.3) is 0 Å². The van der Waals surface area contributed by atoms with Gasteiger partial charge in [-0.15, -0.1) is 11.8 Å². The van der Waals surface area contributed by atoms with E-state index in [0.29, 0.717) is 11.8 Å². The Bertz CT molecular complexity index is 282. The zero-order chi connectivity index (χ0) is 12.8. The summed E-state index contributed by atoms with van der Waals surface area (Å²) in [5.41, 5.74) is 0. The quantitative estimate of drug-likeness (QED) is 0.667. The lowest BCUT2D eigenvalue weighted by atomic mass is 10.4. The molecule has 1 atom stereocenters. The zero-order valence-electron chi connectivity index (χ0n) is 10.3. The molecule has 1 fully saturated rings. The molecule has 2 N–H and O–H groups in total. The van der Waals surface area contributed by atoms with E-state index in [2.05, 4.69) is 5.32 Å². The van der Waals surface area contributed by atoms with Crippen LogP contribution in [0.4, 0.5) is 0 Å². The minimum Gasteiger partial charge on any atom is -0.395 e. The van der Waals surface area contributed by atoms with Crippen LogP contribution in [0.1, 0.15) is 19.8 Å². The van der Waals surface area contributed by atoms with E-state index in [1.165, 1.54) is 16.7 Å². The van der Waals surface area contributed by atoms with Gasteiger partial charge in [-0.1, -0.05) is 6.92 Å². The van der Waals surface area contributed by atoms with E-state index in [-0.39, 0.29) is 30.2 Å². The Morgan fingerprint density at radius 3 is 2.71 bits per heavy atom. The van der Waals surface area contributed by atoms with E-state index < -0.39 is 0 Å². The average Bonchev–Trinajstić information content (AvgIpc) is 3.08. The summed E-state index contributed by atoms with van der Waals surface area (Å²) in [6.07, 6.45) is 2.10. The molecule has 1 unspecified atom stereocenters. The molecule has 2 amide bonds. The fourth-order valence-corrected chi connectivity index (χ4v) is 1.93. The van der Waals surface area contributed by atoms with Crippen LogP contribution in [0.25, 0.3) is 0 Å². The summed E-state index contributed by atoms with van der Waals surface area (Å²) in [6, 6.07) is 0.329. The van der Waals surface area contributed by atoms with Crippen LogP contribution >= 0.6 is 11.8 Å². The van der Waals surface area contributed by atoms with Crippen molar-refractivity contribution in [1.29, 1.82) is 0 Å². The second-order valence-corrected chi connectivity index (χ2v) is 5.82. The predicted molar refractivity (Wildman–Crippen MR) is 67.8 cm³/mol. The molecule has 0 aliphatic heterocycles. The molecule has 0 aromatic heterocycles. The molecule has 1 rings (SSSR count). The number of aliphatic hydroxyl groups is 1. The second kappa shape index (κ2) is 6.86. The van der Waals surface area contributed by atoms with Gasteiger partial charge in [-0.2, -0.15) is 0 Å². The number of carbonyl (C=O) groups is 2. The van der Waals surface area contributed by atoms with Gasteiger partial charge in [0.15, 0.2) is 0 Å². The molecule has 1 aliphatic carbocycles. The Labute approximate surface area is 106 Å². The van der Waals surface area contributed by atoms with Crippen molar-refractivity contribution in [1.82, 2.24) is 10.2 Å². The lowest BCUT2D eigenvalue weighted by Gasteiger charge is -2.17. The van der Waals surface area contributed by atoms with E-state index in [4.69, 9.17) is 5.11 Å². The number of nitrogens with zero attached hydrogens (tertiary/aromatic N) is 1. The first-order valence-corrected chi connectivity index (χ1v) is 6.83. The number of thioether (sulfide) groups is 1. The van der Waals surface area contributed by atoms with E-state index in [1.54, 1.807) is 7.05 Å². The fraction of sp³-hybridized carbons (Fsp3) is 0.818. The summed E-state index contributed by atoms with van der Waals surface area (Å²) < 4.78 is 0. The third-order valence-corrected chi connectivity index (χ3v) is 3.63. The van der Waals surface area contributed by atoms with Gasteiger partial charge in [0, 0.05) is 18.3 Å². The smallest absolute Gasteiger partial charge is 0.239 e. The van der Waals surface area contributed by atoms with Gasteiger partial charge in [0.2, 0.25) is 11.8 Å². The van der Waals surface area contributed by atoms with Crippen LogP contribution in [-0.4, -0.2) is 59.1 Å². The number of carbonyl (C=O) groups excluding carboxylic acids is 2. The van der Waals surface area contributed by atoms with Gasteiger partial charge >= 0.3 is 0 Å². The summed E-state index contributed by atoms with van der Waals surface area (Å²) in [6.45, 7) is 2.03. The van der Waals surface area contributed by atoms with Crippen LogP contribution in [0.15, 0.2) is 0 Å². The maximum Gasteiger partial charge on any atom is 0.239 e. The average molecular weight is 260 g/mol. The van der Waals surface area contributed by atoms with Crippen molar-refractivity contribution in [3.63, 3.8) is 0 Å². The normalized spacial score (nSPS) is 16.4. The molecule has 98 valence electrons. The standard InChI is InChI=1S/C11H20N2O3S/c1-8(6-14)17-7-11(16)13(2)5-10(15)12-9-3-4-9/h8-9,14H,3-7H2,1-2H3,(H,12,15). The van der Waals surface area contributed by atoms with Crippen LogP contribution in [-0.2, 0) is 9.59 Å². The van der Waals surface area contributed by atoms with Crippen molar-refractivity contribution in [3.05, 3.63) is 0 Å². The molecular weight excluding hydrogens is 240 g/mol. The molecule has 17 heavy (non-hydrogen) atoms. The maximum absolute atomic E-state index is 11.6. The number of hydrogen-bond donors (Lipinski definition) is 2. The van der Waals surface area contributed by atoms with Crippen LogP contribution < -0.4 is 5.32 Å². The second-order valence-electron chi connectivity index (χ2n) is 4.40. The highest BCUT2D eigenvalue weighted by Gasteiger charge is 2.24. The molecule has 0 aromatic rings. The lowest BCUT2D eigenvalue weighted by molar-refractivity contribution is -0.132. The Hall–Kier alpha value is -0.750. The van der Waals surface area contributed by atoms with Gasteiger partial charge in [-0.25, -0.2) is 0 Å². The van der Waals surface area contributed by atoms with Gasteiger partial charge in [0.05, 0.1) is 18.9 Å². The predicted octanol–water partition coefficient (Wildman–Crippen LogP) is -0.163. The molecule has 1 saturated carbocycles. The van der Waals surface area contributed by atoms with Crippen molar-refractivity contribution in [3.8, 4) is 0 Å². The van der Waals surface area contributed by atoms with Gasteiger partial charge in [0.1, 0.15) is 0 Å². The van der Waals surface area contributed by atoms with E-state index >= 15 is 0 Å². The summed E-state index contributed by atoms with van der Waals surface area (Å²) in [7, 11) is 1.62. The minimum absolute atomic E-state index is 0.0487. The summed E-state index contributed by atoms with van der Waals surface area (Å²) in [5.74, 6) is 0.124. The van der Waals surface area contributed by atoms with Crippen LogP contribution in [0.3, 0.4) is 0 Å². The Morgan fingerprint density at radius 1 is 1.53 bits per heavy atom.